The van der Waals surface area contributed by atoms with Gasteiger partial charge in [0.2, 0.25) is 17.8 Å². The quantitative estimate of drug-likeness (QED) is 0.0169. The Kier molecular flexibility index (Phi) is 22.7. The molecule has 0 saturated heterocycles. The highest BCUT2D eigenvalue weighted by atomic mass is 32.1. The van der Waals surface area contributed by atoms with E-state index in [1.807, 2.05) is 0 Å². The first kappa shape index (κ1) is 60.7. The number of carbonyl (C=O) groups excluding carboxylic acids is 6. The molecule has 1 aromatic carbocycles. The molecule has 0 fully saturated rings. The molecule has 0 bridgehead atoms. The number of nitrogens with two attached hydrogens (primary N) is 3. The fourth-order valence-corrected chi connectivity index (χ4v) is 7.49. The number of rotatable bonds is 33. The number of aromatic nitrogens is 4. The van der Waals surface area contributed by atoms with Crippen LogP contribution in [-0.2, 0) is 54.5 Å². The second-order valence-electron chi connectivity index (χ2n) is 17.7. The van der Waals surface area contributed by atoms with Crippen LogP contribution in [0.2, 0.25) is 0 Å². The molecule has 0 spiro atoms. The van der Waals surface area contributed by atoms with Gasteiger partial charge in [0.15, 0.2) is 28.7 Å². The SMILES string of the molecule is CC(C)(S)[C@@H](CC(=O)[C@@H](CC(=O)O)NC(=O)[C@@H](CC(=O)O)CC(=O)[C@@H](CCCN=C(N)N)NC(=O)[C@@H](CC(=O)O)CC(=O)CC[C@@H](NC(=O)c1ccc(NCc2cnc3nc(N)[nH]c(=O)c3n2)cc1)C(=O)O)C(=O)O.[2HH].[2HH].[2HH].[2HH].[2HH].[2HH]. The van der Waals surface area contributed by atoms with Crippen molar-refractivity contribution in [2.24, 2.45) is 34.2 Å². The Morgan fingerprint density at radius 1 is 0.733 bits per heavy atom. The van der Waals surface area contributed by atoms with Crippen molar-refractivity contribution in [3.63, 3.8) is 0 Å². The summed E-state index contributed by atoms with van der Waals surface area (Å²) in [6.07, 6.45) is -5.72. The number of thiol groups is 1. The van der Waals surface area contributed by atoms with Gasteiger partial charge in [-0.3, -0.25) is 62.7 Å². The highest BCUT2D eigenvalue weighted by molar-refractivity contribution is 7.81. The maximum atomic E-state index is 13.9. The summed E-state index contributed by atoms with van der Waals surface area (Å²) in [5.41, 5.74) is 16.6. The van der Waals surface area contributed by atoms with Gasteiger partial charge >= 0.3 is 29.8 Å². The van der Waals surface area contributed by atoms with Gasteiger partial charge in [-0.2, -0.15) is 17.6 Å². The molecule has 0 saturated carbocycles. The van der Waals surface area contributed by atoms with Crippen LogP contribution in [0.3, 0.4) is 0 Å². The monoisotopic (exact) mass is 1090 g/mol. The summed E-state index contributed by atoms with van der Waals surface area (Å²) in [7, 11) is 0. The van der Waals surface area contributed by atoms with Crippen LogP contribution in [0.25, 0.3) is 11.2 Å². The molecule has 2 heterocycles. The predicted octanol–water partition coefficient (Wildman–Crippen LogP) is 0.313. The maximum absolute atomic E-state index is 13.9. The third-order valence-electron chi connectivity index (χ3n) is 11.2. The Bertz CT molecular complexity index is 2770. The van der Waals surface area contributed by atoms with Gasteiger partial charge in [-0.1, -0.05) is 13.8 Å². The molecule has 0 aliphatic heterocycles. The number of ketones is 3. The van der Waals surface area contributed by atoms with Crippen LogP contribution in [-0.4, -0.2) is 146 Å². The molecule has 29 nitrogen and oxygen atoms in total. The van der Waals surface area contributed by atoms with Gasteiger partial charge in [-0.15, -0.1) is 0 Å². The second-order valence-corrected chi connectivity index (χ2v) is 18.9. The van der Waals surface area contributed by atoms with Crippen molar-refractivity contribution in [3.8, 4) is 0 Å². The van der Waals surface area contributed by atoms with Crippen molar-refractivity contribution >= 4 is 106 Å². The van der Waals surface area contributed by atoms with Crippen LogP contribution in [0.15, 0.2) is 40.2 Å². The standard InChI is InChI=1S/C45H58N12O17S.6H2/c1-45(2,75)26(41(71)72)16-31(60)29(17-34(65)66)55-39(69)22(15-33(63)64)13-30(59)27(4-3-11-49-43(46)47)53-38(68)21(14-32(61)62)12-25(58)9-10-28(42(73)74)54-37(67)20-5-7-23(8-6-20)50-18-24-19-51-36-35(52-24)40(70)57-44(48)56-36;;;;;;/h5-8,19,21-22,26-29,50,75H,3-4,9-18H2,1-2H3,(H,53,68)(H,54,67)(H,55,69)(H,61,62)(H,63,64)(H,65,66)(H,71,72)(H,73,74)(H4,46,47,49)(H3,48,51,56,57,70);6*1H/t21-,22-,26+,27-,28-,29-;;;;;;/m1....../s1/i;6*1+1. The molecular weight excluding hydrogens is 1010 g/mol. The van der Waals surface area contributed by atoms with Crippen molar-refractivity contribution < 1.29 is 86.8 Å². The number of hydrogen-bond acceptors (Lipinski definition) is 19. The molecule has 3 amide bonds. The Labute approximate surface area is 439 Å². The number of aliphatic imine (C=N–C) groups is 1. The van der Waals surface area contributed by atoms with Gasteiger partial charge in [-0.25, -0.2) is 14.8 Å². The molecule has 3 aromatic rings. The predicted molar refractivity (Wildman–Crippen MR) is 278 cm³/mol. The average Bonchev–Trinajstić information content (AvgIpc) is 3.30. The van der Waals surface area contributed by atoms with Crippen LogP contribution in [0.4, 0.5) is 11.6 Å². The fraction of sp³-hybridized carbons (Fsp3) is 0.467. The third kappa shape index (κ3) is 20.5. The van der Waals surface area contributed by atoms with E-state index in [4.69, 9.17) is 17.2 Å². The summed E-state index contributed by atoms with van der Waals surface area (Å²) < 4.78 is -1.30. The summed E-state index contributed by atoms with van der Waals surface area (Å²) in [5, 5.41) is 58.1. The minimum atomic E-state index is -1.88. The smallest absolute Gasteiger partial charge is 0.326 e. The van der Waals surface area contributed by atoms with E-state index in [1.54, 1.807) is 0 Å². The molecule has 0 aliphatic rings. The van der Waals surface area contributed by atoms with Gasteiger partial charge in [0.1, 0.15) is 11.8 Å². The van der Waals surface area contributed by atoms with Crippen LogP contribution in [0.5, 0.6) is 0 Å². The zero-order chi connectivity index (χ0) is 56.3. The number of carbonyl (C=O) groups is 11. The largest absolute Gasteiger partial charge is 0.481 e. The van der Waals surface area contributed by atoms with Gasteiger partial charge in [0, 0.05) is 56.8 Å². The summed E-state index contributed by atoms with van der Waals surface area (Å²) in [5.74, 6) is -19.4. The summed E-state index contributed by atoms with van der Waals surface area (Å²) in [6.45, 7) is 2.74. The lowest BCUT2D eigenvalue weighted by molar-refractivity contribution is -0.146. The van der Waals surface area contributed by atoms with E-state index in [0.29, 0.717) is 11.4 Å². The third-order valence-corrected chi connectivity index (χ3v) is 11.5. The number of fused-ring (bicyclic) bond motifs is 1. The van der Waals surface area contributed by atoms with Crippen LogP contribution >= 0.6 is 12.6 Å². The van der Waals surface area contributed by atoms with Crippen molar-refractivity contribution in [1.29, 1.82) is 0 Å². The lowest BCUT2D eigenvalue weighted by atomic mass is 9.87. The van der Waals surface area contributed by atoms with E-state index in [9.17, 15) is 83.1 Å². The molecule has 16 N–H and O–H groups in total. The lowest BCUT2D eigenvalue weighted by Gasteiger charge is -2.27. The molecule has 0 radical (unpaired) electrons. The number of aromatic amines is 1. The highest BCUT2D eigenvalue weighted by Crippen LogP contribution is 2.28. The molecule has 6 atom stereocenters. The van der Waals surface area contributed by atoms with Gasteiger partial charge in [0.25, 0.3) is 11.5 Å². The number of nitrogen functional groups attached to an aromatic ring is 1. The molecule has 0 aliphatic carbocycles. The topological polar surface area (TPSA) is 499 Å². The molecule has 30 heteroatoms. The number of hydrogen-bond donors (Lipinski definition) is 14. The van der Waals surface area contributed by atoms with E-state index in [1.165, 1.54) is 44.3 Å². The normalized spacial score (nSPS) is 13.6. The van der Waals surface area contributed by atoms with Crippen molar-refractivity contribution in [3.05, 3.63) is 52.1 Å². The van der Waals surface area contributed by atoms with Crippen LogP contribution in [0, 0.1) is 17.8 Å². The first-order valence-corrected chi connectivity index (χ1v) is 23.2. The molecule has 418 valence electrons. The molecule has 2 aromatic heterocycles. The second kappa shape index (κ2) is 28.0. The number of H-pyrrole nitrogens is 1. The number of Topliss-reactive ketones (excluding diaryl/α,β-unsaturated/α-hetero) is 3. The molecular formula is C45H70N12O17S. The van der Waals surface area contributed by atoms with Crippen molar-refractivity contribution in [1.82, 2.24) is 35.9 Å². The number of guanidine groups is 1. The van der Waals surface area contributed by atoms with E-state index in [2.05, 4.69) is 58.8 Å². The number of amides is 3. The van der Waals surface area contributed by atoms with E-state index < -0.39 is 162 Å². The van der Waals surface area contributed by atoms with Gasteiger partial charge in [0.05, 0.1) is 67.5 Å². The van der Waals surface area contributed by atoms with Crippen molar-refractivity contribution in [2.75, 3.05) is 17.6 Å². The minimum absolute atomic E-state index is 0. The van der Waals surface area contributed by atoms with E-state index >= 15 is 0 Å². The van der Waals surface area contributed by atoms with Crippen molar-refractivity contribution in [2.45, 2.75) is 107 Å². The summed E-state index contributed by atoms with van der Waals surface area (Å²) in [4.78, 5) is 171. The first-order chi connectivity index (χ1) is 35.0. The fourth-order valence-electron chi connectivity index (χ4n) is 7.29. The average molecular weight is 1090 g/mol. The van der Waals surface area contributed by atoms with E-state index in [-0.39, 0.29) is 63.1 Å². The molecule has 3 rings (SSSR count). The number of benzene rings is 1. The summed E-state index contributed by atoms with van der Waals surface area (Å²) in [6, 6.07) is 0.585. The Hall–Kier alpha value is -8.57. The minimum Gasteiger partial charge on any atom is -0.481 e. The zero-order valence-electron chi connectivity index (χ0n) is 40.4. The molecule has 0 unspecified atom stereocenters. The number of nitrogens with one attached hydrogen (secondary N) is 5. The maximum Gasteiger partial charge on any atom is 0.326 e. The Morgan fingerprint density at radius 3 is 1.85 bits per heavy atom. The number of aliphatic carboxylic acids is 5. The summed E-state index contributed by atoms with van der Waals surface area (Å²) >= 11 is 4.19. The number of carboxylic acid groups (broad SMARTS) is 5. The number of anilines is 2. The Morgan fingerprint density at radius 2 is 1.31 bits per heavy atom. The van der Waals surface area contributed by atoms with Crippen LogP contribution in [0.1, 0.15) is 103 Å². The molecule has 75 heavy (non-hydrogen) atoms. The number of carboxylic acids is 5. The van der Waals surface area contributed by atoms with Gasteiger partial charge in [-0.05, 0) is 43.5 Å². The van der Waals surface area contributed by atoms with Gasteiger partial charge < -0.3 is 64.0 Å². The van der Waals surface area contributed by atoms with Crippen LogP contribution < -0.4 is 44.0 Å². The lowest BCUT2D eigenvalue weighted by Crippen LogP contribution is -2.49. The van der Waals surface area contributed by atoms with E-state index in [0.717, 1.165) is 0 Å². The zero-order valence-corrected chi connectivity index (χ0v) is 41.3. The number of nitrogens with zero attached hydrogens (tertiary/aromatic N) is 4. The highest BCUT2D eigenvalue weighted by Gasteiger charge is 2.38. The first-order valence-electron chi connectivity index (χ1n) is 22.8. The Balaban J connectivity index is -0.00000494.